The highest BCUT2D eigenvalue weighted by molar-refractivity contribution is 5.92. The van der Waals surface area contributed by atoms with E-state index in [9.17, 15) is 9.59 Å². The average Bonchev–Trinajstić information content (AvgIpc) is 2.87. The van der Waals surface area contributed by atoms with Gasteiger partial charge < -0.3 is 14.8 Å². The van der Waals surface area contributed by atoms with Crippen LogP contribution in [0.1, 0.15) is 30.1 Å². The maximum atomic E-state index is 12.1. The number of nitrogens with one attached hydrogen (secondary N) is 1. The van der Waals surface area contributed by atoms with Crippen molar-refractivity contribution in [1.82, 2.24) is 15.1 Å². The Morgan fingerprint density at radius 1 is 1.52 bits per heavy atom. The van der Waals surface area contributed by atoms with Gasteiger partial charge in [0.25, 0.3) is 5.91 Å². The van der Waals surface area contributed by atoms with Crippen LogP contribution in [0.15, 0.2) is 33.8 Å². The Kier molecular flexibility index (Phi) is 4.42. The van der Waals surface area contributed by atoms with E-state index in [-0.39, 0.29) is 18.2 Å². The van der Waals surface area contributed by atoms with Gasteiger partial charge in [0.2, 0.25) is 5.43 Å². The minimum atomic E-state index is -0.546. The van der Waals surface area contributed by atoms with Crippen molar-refractivity contribution >= 4 is 5.91 Å². The minimum absolute atomic E-state index is 0.0568. The van der Waals surface area contributed by atoms with E-state index >= 15 is 0 Å². The number of rotatable bonds is 5. The van der Waals surface area contributed by atoms with Crippen LogP contribution in [0, 0.1) is 5.92 Å². The first-order chi connectivity index (χ1) is 9.97. The van der Waals surface area contributed by atoms with Gasteiger partial charge in [0, 0.05) is 18.8 Å². The number of amides is 1. The Morgan fingerprint density at radius 2 is 2.29 bits per heavy atom. The summed E-state index contributed by atoms with van der Waals surface area (Å²) >= 11 is 0. The molecule has 7 heteroatoms. The molecule has 0 atom stereocenters. The predicted molar refractivity (Wildman–Crippen MR) is 74.9 cm³/mol. The van der Waals surface area contributed by atoms with Crippen LogP contribution in [0.4, 0.5) is 0 Å². The summed E-state index contributed by atoms with van der Waals surface area (Å²) in [6.45, 7) is 4.77. The summed E-state index contributed by atoms with van der Waals surface area (Å²) in [5, 5.41) is 15.8. The predicted octanol–water partition coefficient (Wildman–Crippen LogP) is 1.13. The van der Waals surface area contributed by atoms with Gasteiger partial charge in [0.1, 0.15) is 17.7 Å². The highest BCUT2D eigenvalue weighted by Gasteiger charge is 2.13. The lowest BCUT2D eigenvalue weighted by Gasteiger charge is -2.10. The number of carbonyl (C=O) groups excluding carboxylic acids is 1. The third-order valence-electron chi connectivity index (χ3n) is 2.78. The van der Waals surface area contributed by atoms with Gasteiger partial charge in [0.05, 0.1) is 6.54 Å². The number of aromatic nitrogens is 2. The highest BCUT2D eigenvalue weighted by atomic mass is 16.4. The van der Waals surface area contributed by atoms with Crippen molar-refractivity contribution < 1.29 is 14.3 Å². The standard InChI is InChI=1S/C14H17N3O4/c1-9(2)7-17-11(3-4-16-17)14(20)15-6-10-5-12(18)13(19)8-21-10/h3-5,8-9,19H,6-7H2,1-2H3,(H,15,20). The van der Waals surface area contributed by atoms with Crippen molar-refractivity contribution in [3.63, 3.8) is 0 Å². The van der Waals surface area contributed by atoms with Crippen molar-refractivity contribution in [2.24, 2.45) is 5.92 Å². The average molecular weight is 291 g/mol. The zero-order valence-corrected chi connectivity index (χ0v) is 11.9. The SMILES string of the molecule is CC(C)Cn1nccc1C(=O)NCc1cc(=O)c(O)co1. The lowest BCUT2D eigenvalue weighted by molar-refractivity contribution is 0.0936. The molecule has 2 aromatic rings. The molecular formula is C14H17N3O4. The van der Waals surface area contributed by atoms with Crippen LogP contribution in [0.3, 0.4) is 0 Å². The first-order valence-corrected chi connectivity index (χ1v) is 6.58. The van der Waals surface area contributed by atoms with E-state index < -0.39 is 11.2 Å². The summed E-state index contributed by atoms with van der Waals surface area (Å²) in [5.41, 5.74) is -0.0971. The summed E-state index contributed by atoms with van der Waals surface area (Å²) < 4.78 is 6.65. The van der Waals surface area contributed by atoms with Crippen molar-refractivity contribution in [2.45, 2.75) is 26.9 Å². The van der Waals surface area contributed by atoms with Crippen molar-refractivity contribution in [3.05, 3.63) is 46.3 Å². The molecular weight excluding hydrogens is 274 g/mol. The third-order valence-corrected chi connectivity index (χ3v) is 2.78. The fraction of sp³-hybridized carbons (Fsp3) is 0.357. The number of nitrogens with zero attached hydrogens (tertiary/aromatic N) is 2. The molecule has 2 aromatic heterocycles. The molecule has 0 aliphatic rings. The molecule has 0 aliphatic heterocycles. The topological polar surface area (TPSA) is 97.4 Å². The van der Waals surface area contributed by atoms with E-state index in [1.165, 1.54) is 0 Å². The van der Waals surface area contributed by atoms with Crippen LogP contribution < -0.4 is 10.7 Å². The Balaban J connectivity index is 2.03. The van der Waals surface area contributed by atoms with Crippen LogP contribution in [0.2, 0.25) is 0 Å². The van der Waals surface area contributed by atoms with Gasteiger partial charge in [-0.15, -0.1) is 0 Å². The van der Waals surface area contributed by atoms with E-state index in [1.54, 1.807) is 16.9 Å². The van der Waals surface area contributed by atoms with Crippen LogP contribution in [0.25, 0.3) is 0 Å². The van der Waals surface area contributed by atoms with E-state index in [0.717, 1.165) is 12.3 Å². The monoisotopic (exact) mass is 291 g/mol. The Hall–Kier alpha value is -2.57. The van der Waals surface area contributed by atoms with Crippen molar-refractivity contribution in [3.8, 4) is 5.75 Å². The maximum absolute atomic E-state index is 12.1. The second kappa shape index (κ2) is 6.25. The van der Waals surface area contributed by atoms with Gasteiger partial charge in [0.15, 0.2) is 5.75 Å². The molecule has 2 rings (SSSR count). The molecule has 7 nitrogen and oxygen atoms in total. The molecule has 2 N–H and O–H groups in total. The quantitative estimate of drug-likeness (QED) is 0.860. The smallest absolute Gasteiger partial charge is 0.269 e. The molecule has 0 bridgehead atoms. The second-order valence-corrected chi connectivity index (χ2v) is 5.07. The molecule has 0 saturated carbocycles. The first kappa shape index (κ1) is 14.8. The molecule has 0 unspecified atom stereocenters. The summed E-state index contributed by atoms with van der Waals surface area (Å²) in [5.74, 6) is -0.128. The number of hydrogen-bond acceptors (Lipinski definition) is 5. The molecule has 0 radical (unpaired) electrons. The maximum Gasteiger partial charge on any atom is 0.269 e. The van der Waals surface area contributed by atoms with Crippen LogP contribution in [-0.4, -0.2) is 20.8 Å². The molecule has 2 heterocycles. The van der Waals surface area contributed by atoms with Crippen LogP contribution in [0.5, 0.6) is 5.75 Å². The number of hydrogen-bond donors (Lipinski definition) is 2. The van der Waals surface area contributed by atoms with E-state index in [2.05, 4.69) is 10.4 Å². The zero-order chi connectivity index (χ0) is 15.4. The van der Waals surface area contributed by atoms with Gasteiger partial charge >= 0.3 is 0 Å². The van der Waals surface area contributed by atoms with E-state index in [1.807, 2.05) is 13.8 Å². The van der Waals surface area contributed by atoms with Crippen LogP contribution in [-0.2, 0) is 13.1 Å². The normalized spacial score (nSPS) is 10.8. The molecule has 0 aliphatic carbocycles. The number of carbonyl (C=O) groups is 1. The van der Waals surface area contributed by atoms with Gasteiger partial charge in [-0.1, -0.05) is 13.8 Å². The Labute approximate surface area is 121 Å². The largest absolute Gasteiger partial charge is 0.502 e. The molecule has 1 amide bonds. The molecule has 0 aromatic carbocycles. The summed E-state index contributed by atoms with van der Waals surface area (Å²) in [7, 11) is 0. The van der Waals surface area contributed by atoms with Gasteiger partial charge in [-0.2, -0.15) is 5.10 Å². The first-order valence-electron chi connectivity index (χ1n) is 6.58. The number of aromatic hydroxyl groups is 1. The van der Waals surface area contributed by atoms with E-state index in [0.29, 0.717) is 18.2 Å². The van der Waals surface area contributed by atoms with Gasteiger partial charge in [-0.3, -0.25) is 14.3 Å². The lowest BCUT2D eigenvalue weighted by atomic mass is 10.2. The molecule has 112 valence electrons. The van der Waals surface area contributed by atoms with Crippen molar-refractivity contribution in [1.29, 1.82) is 0 Å². The molecule has 0 spiro atoms. The van der Waals surface area contributed by atoms with Crippen LogP contribution >= 0.6 is 0 Å². The van der Waals surface area contributed by atoms with Crippen molar-refractivity contribution in [2.75, 3.05) is 0 Å². The molecule has 0 fully saturated rings. The fourth-order valence-corrected chi connectivity index (χ4v) is 1.81. The Bertz CT molecular complexity index is 688. The lowest BCUT2D eigenvalue weighted by Crippen LogP contribution is -2.26. The second-order valence-electron chi connectivity index (χ2n) is 5.07. The fourth-order valence-electron chi connectivity index (χ4n) is 1.81. The highest BCUT2D eigenvalue weighted by Crippen LogP contribution is 2.06. The summed E-state index contributed by atoms with van der Waals surface area (Å²) in [6, 6.07) is 2.77. The minimum Gasteiger partial charge on any atom is -0.502 e. The molecule has 21 heavy (non-hydrogen) atoms. The summed E-state index contributed by atoms with van der Waals surface area (Å²) in [6.07, 6.45) is 2.52. The molecule has 0 saturated heterocycles. The van der Waals surface area contributed by atoms with Gasteiger partial charge in [-0.05, 0) is 12.0 Å². The summed E-state index contributed by atoms with van der Waals surface area (Å²) in [4.78, 5) is 23.3. The zero-order valence-electron chi connectivity index (χ0n) is 11.9. The Morgan fingerprint density at radius 3 is 2.95 bits per heavy atom. The van der Waals surface area contributed by atoms with E-state index in [4.69, 9.17) is 9.52 Å². The van der Waals surface area contributed by atoms with Gasteiger partial charge in [-0.25, -0.2) is 0 Å². The third kappa shape index (κ3) is 3.71.